The van der Waals surface area contributed by atoms with Crippen molar-refractivity contribution in [2.75, 3.05) is 40.8 Å². The molecule has 14 heteroatoms. The van der Waals surface area contributed by atoms with Gasteiger partial charge in [-0.15, -0.1) is 0 Å². The maximum absolute atomic E-state index is 16.7. The third kappa shape index (κ3) is 5.59. The van der Waals surface area contributed by atoms with Gasteiger partial charge in [-0.05, 0) is 0 Å². The average Bonchev–Trinajstić information content (AvgIpc) is 3.78. The number of aliphatic hydroxyl groups excluding tert-OH is 2. The van der Waals surface area contributed by atoms with E-state index in [-0.39, 0.29) is 47.3 Å². The molecule has 4 heterocycles. The van der Waals surface area contributed by atoms with Gasteiger partial charge >= 0.3 is 281 Å². The molecule has 45 heavy (non-hydrogen) atoms. The van der Waals surface area contributed by atoms with Crippen molar-refractivity contribution in [3.8, 4) is 22.9 Å². The molecule has 4 aliphatic rings. The van der Waals surface area contributed by atoms with Gasteiger partial charge < -0.3 is 0 Å². The number of aromatic nitrogens is 2. The molecular formula is C31H31F2I2N5O5-2. The van der Waals surface area contributed by atoms with E-state index < -0.39 is 66.8 Å². The molecule has 240 valence electrons. The average molecular weight is 845 g/mol. The molecule has 10 nitrogen and oxygen atoms in total. The summed E-state index contributed by atoms with van der Waals surface area (Å²) < 4.78 is 46.0. The summed E-state index contributed by atoms with van der Waals surface area (Å²) in [5, 5.41) is 36.4. The van der Waals surface area contributed by atoms with Crippen molar-refractivity contribution in [1.82, 2.24) is 20.2 Å². The number of nitrogens with one attached hydrogen (secondary N) is 1. The Balaban J connectivity index is 1.22. The van der Waals surface area contributed by atoms with Gasteiger partial charge in [0.25, 0.3) is 0 Å². The van der Waals surface area contributed by atoms with Crippen LogP contribution in [0.25, 0.3) is 32.8 Å². The van der Waals surface area contributed by atoms with Crippen molar-refractivity contribution >= 4 is 27.5 Å². The van der Waals surface area contributed by atoms with Crippen LogP contribution in [0.4, 0.5) is 14.6 Å². The molecule has 1 aliphatic carbocycles. The predicted molar refractivity (Wildman–Crippen MR) is 154 cm³/mol. The second-order valence-electron chi connectivity index (χ2n) is 12.0. The molecule has 1 saturated carbocycles. The molecule has 4 aromatic rings. The van der Waals surface area contributed by atoms with Gasteiger partial charge in [-0.3, -0.25) is 0 Å². The molecule has 0 radical (unpaired) electrons. The Kier molecular flexibility index (Phi) is 7.89. The van der Waals surface area contributed by atoms with Crippen LogP contribution in [0, 0.1) is 17.0 Å². The van der Waals surface area contributed by atoms with E-state index in [2.05, 4.69) is 15.2 Å². The minimum absolute atomic E-state index is 0.0166. The van der Waals surface area contributed by atoms with Crippen molar-refractivity contribution in [3.05, 3.63) is 54.1 Å². The van der Waals surface area contributed by atoms with Gasteiger partial charge in [0.15, 0.2) is 0 Å². The van der Waals surface area contributed by atoms with Crippen LogP contribution < -0.4 is 54.3 Å². The Morgan fingerprint density at radius 2 is 1.73 bits per heavy atom. The number of nitrogens with zero attached hydrogens (tertiary/aromatic N) is 4. The van der Waals surface area contributed by atoms with E-state index in [9.17, 15) is 15.3 Å². The fourth-order valence-electron chi connectivity index (χ4n) is 6.24. The van der Waals surface area contributed by atoms with E-state index in [0.717, 1.165) is 32.5 Å². The summed E-state index contributed by atoms with van der Waals surface area (Å²) in [5.41, 5.74) is -0.173. The van der Waals surface area contributed by atoms with Gasteiger partial charge in [0.2, 0.25) is 0 Å². The Morgan fingerprint density at radius 3 is 2.47 bits per heavy atom. The number of aliphatic hydroxyl groups is 2. The Labute approximate surface area is 279 Å². The SMILES string of the molecule is Oc1cc(-c2c(F)cc3c(N4[I-]C5NC([I-]4)C(O)C5O)nc(OCC4(CN5CCOCC5)CC4)nc3c2F)c2ccccc2c1. The van der Waals surface area contributed by atoms with Crippen LogP contribution >= 0.6 is 0 Å². The first-order valence-corrected chi connectivity index (χ1v) is 19.3. The van der Waals surface area contributed by atoms with E-state index in [1.54, 1.807) is 30.3 Å². The normalized spacial score (nSPS) is 26.4. The van der Waals surface area contributed by atoms with Crippen molar-refractivity contribution < 1.29 is 76.5 Å². The van der Waals surface area contributed by atoms with Crippen molar-refractivity contribution in [2.45, 2.75) is 33.1 Å². The third-order valence-electron chi connectivity index (χ3n) is 8.90. The molecular weight excluding hydrogens is 814 g/mol. The van der Waals surface area contributed by atoms with E-state index in [1.165, 1.54) is 12.1 Å². The summed E-state index contributed by atoms with van der Waals surface area (Å²) in [7, 11) is 0. The fourth-order valence-corrected chi connectivity index (χ4v) is 15.8. The van der Waals surface area contributed by atoms with Crippen LogP contribution in [0.1, 0.15) is 12.8 Å². The second-order valence-corrected chi connectivity index (χ2v) is 19.6. The first-order chi connectivity index (χ1) is 21.8. The fraction of sp³-hybridized carbons (Fsp3) is 0.419. The van der Waals surface area contributed by atoms with Crippen LogP contribution in [-0.2, 0) is 4.74 Å². The quantitative estimate of drug-likeness (QED) is 0.0654. The van der Waals surface area contributed by atoms with Gasteiger partial charge in [0.05, 0.1) is 0 Å². The molecule has 3 saturated heterocycles. The van der Waals surface area contributed by atoms with Crippen LogP contribution in [0.3, 0.4) is 0 Å². The van der Waals surface area contributed by atoms with Crippen molar-refractivity contribution in [1.29, 1.82) is 0 Å². The Bertz CT molecular complexity index is 1780. The molecule has 8 rings (SSSR count). The number of rotatable bonds is 7. The first-order valence-electron chi connectivity index (χ1n) is 14.8. The second kappa shape index (κ2) is 11.8. The zero-order chi connectivity index (χ0) is 30.9. The molecule has 1 aromatic heterocycles. The van der Waals surface area contributed by atoms with Gasteiger partial charge in [0.1, 0.15) is 0 Å². The first kappa shape index (κ1) is 30.1. The van der Waals surface area contributed by atoms with Gasteiger partial charge in [0, 0.05) is 0 Å². The number of hydrogen-bond acceptors (Lipinski definition) is 10. The summed E-state index contributed by atoms with van der Waals surface area (Å²) in [6, 6.07) is 11.3. The van der Waals surface area contributed by atoms with E-state index >= 15 is 8.78 Å². The number of aromatic hydroxyl groups is 1. The molecule has 4 unspecified atom stereocenters. The number of ether oxygens (including phenoxy) is 2. The van der Waals surface area contributed by atoms with Crippen molar-refractivity contribution in [3.63, 3.8) is 0 Å². The zero-order valence-electron chi connectivity index (χ0n) is 24.0. The number of anilines is 1. The number of halogens is 4. The summed E-state index contributed by atoms with van der Waals surface area (Å²) >= 11 is -1.85. The summed E-state index contributed by atoms with van der Waals surface area (Å²) in [4.78, 5) is 11.7. The summed E-state index contributed by atoms with van der Waals surface area (Å²) in [6.07, 6.45) is 0.218. The Morgan fingerprint density at radius 1 is 1.00 bits per heavy atom. The zero-order valence-corrected chi connectivity index (χ0v) is 28.3. The van der Waals surface area contributed by atoms with Crippen LogP contribution in [0.2, 0.25) is 0 Å². The van der Waals surface area contributed by atoms with E-state index in [1.807, 2.05) is 1.33 Å². The monoisotopic (exact) mass is 845 g/mol. The molecule has 0 spiro atoms. The standard InChI is InChI=1S/C31H31F2I2N5O5/c32-21-13-20-24(23(33)22(21)19-12-17(41)11-16-3-1-2-4-18(16)19)36-30(45-15-31(5-6-31)14-39-7-9-44-10-8-39)38-29(20)40-34-27-25(42)26(43)28(35-40)37-27/h1-4,11-13,25-28,37,41-43H,5-10,14-15H2/q-2. The van der Waals surface area contributed by atoms with E-state index in [4.69, 9.17) is 14.5 Å². The van der Waals surface area contributed by atoms with E-state index in [0.29, 0.717) is 36.4 Å². The van der Waals surface area contributed by atoms with Gasteiger partial charge in [-0.1, -0.05) is 0 Å². The molecule has 4 N–H and O–H groups in total. The molecule has 0 amide bonds. The topological polar surface area (TPSA) is 123 Å². The number of benzene rings is 3. The van der Waals surface area contributed by atoms with Gasteiger partial charge in [-0.25, -0.2) is 0 Å². The maximum atomic E-state index is 16.7. The van der Waals surface area contributed by atoms with Crippen LogP contribution in [0.15, 0.2) is 42.5 Å². The number of fused-ring (bicyclic) bond motifs is 4. The molecule has 3 aliphatic heterocycles. The predicted octanol–water partition coefficient (Wildman–Crippen LogP) is -3.27. The molecule has 3 aromatic carbocycles. The third-order valence-corrected chi connectivity index (χ3v) is 17.0. The number of morpholine rings is 1. The van der Waals surface area contributed by atoms with Gasteiger partial charge in [-0.2, -0.15) is 0 Å². The minimum atomic E-state index is -0.924. The molecule has 4 atom stereocenters. The summed E-state index contributed by atoms with van der Waals surface area (Å²) in [5.74, 6) is -1.39. The molecule has 4 fully saturated rings. The number of hydrogen-bond donors (Lipinski definition) is 4. The van der Waals surface area contributed by atoms with Crippen LogP contribution in [0.5, 0.6) is 11.8 Å². The number of alkyl halides is 2. The van der Waals surface area contributed by atoms with Crippen molar-refractivity contribution in [2.24, 2.45) is 5.41 Å². The molecule has 2 bridgehead atoms. The number of phenols is 1. The van der Waals surface area contributed by atoms with Crippen LogP contribution in [-0.4, -0.2) is 89.9 Å². The summed E-state index contributed by atoms with van der Waals surface area (Å²) in [6.45, 7) is 4.41. The number of phenolic OH excluding ortho intramolecular Hbond substituents is 1. The Hall–Kier alpha value is -2.22.